The van der Waals surface area contributed by atoms with Crippen molar-refractivity contribution in [2.45, 2.75) is 95.2 Å². The number of methoxy groups -OCH3 is 9. The van der Waals surface area contributed by atoms with Crippen LogP contribution in [0.5, 0.6) is 51.7 Å². The summed E-state index contributed by atoms with van der Waals surface area (Å²) >= 11 is 12.3. The minimum Gasteiger partial charge on any atom is -0.493 e. The van der Waals surface area contributed by atoms with Gasteiger partial charge in [-0.1, -0.05) is 77.2 Å². The Morgan fingerprint density at radius 2 is 0.739 bits per heavy atom. The van der Waals surface area contributed by atoms with Gasteiger partial charge in [-0.2, -0.15) is 5.26 Å². The number of carbonyl (C=O) groups is 3. The number of hydrogen-bond acceptors (Lipinski definition) is 24. The van der Waals surface area contributed by atoms with Gasteiger partial charge in [0.2, 0.25) is 17.2 Å². The Morgan fingerprint density at radius 1 is 0.471 bits per heavy atom. The van der Waals surface area contributed by atoms with Crippen LogP contribution >= 0.6 is 69.5 Å². The Kier molecular flexibility index (Phi) is 36.9. The Hall–Kier alpha value is -10.7. The summed E-state index contributed by atoms with van der Waals surface area (Å²) in [5.74, 6) is 4.25. The first-order chi connectivity index (χ1) is 56.8. The largest absolute Gasteiger partial charge is 0.493 e. The molecule has 33 heteroatoms. The molecule has 119 heavy (non-hydrogen) atoms. The van der Waals surface area contributed by atoms with Gasteiger partial charge in [-0.15, -0.1) is 67.1 Å². The number of amides is 3. The van der Waals surface area contributed by atoms with Crippen LogP contribution in [0.2, 0.25) is 0 Å². The van der Waals surface area contributed by atoms with E-state index in [9.17, 15) is 38.9 Å². The van der Waals surface area contributed by atoms with Gasteiger partial charge >= 0.3 is 0 Å². The maximum absolute atomic E-state index is 13.3. The maximum atomic E-state index is 13.3. The summed E-state index contributed by atoms with van der Waals surface area (Å²) in [5, 5.41) is 40.0. The summed E-state index contributed by atoms with van der Waals surface area (Å²) in [6, 6.07) is 43.4. The SMILES string of the molecule is CC#N.COc1cc2c(c(OC)c1OC)-c1ccc(SC)c(=O)cc1[C@@H](NC(=O)c1ccc(CCl)cc1)CC2.COc1cc2c(c(OC)c1OC)-c1ccc(SC)c(=O)cc1[C@@H](NC(=O)c1ccc(CI)cc1)CC2.COc1cc2c(c(OC)c1OC)-c1ccc(SC)c(=O)cc1[C@@H](NC(=O)c1ccc(CO[N+](=O)[O-])cc1)CC2.O=[N+]([O-])O.[Ag]. The molecular formula is C86H88AgClIN6O21S3. The number of nitrogens with zero attached hydrogens (tertiary/aromatic N) is 3. The molecule has 0 saturated carbocycles. The molecule has 3 amide bonds. The van der Waals surface area contributed by atoms with Crippen molar-refractivity contribution in [3.63, 3.8) is 0 Å². The van der Waals surface area contributed by atoms with Crippen molar-refractivity contribution in [1.82, 2.24) is 16.0 Å². The molecule has 0 aromatic heterocycles. The van der Waals surface area contributed by atoms with E-state index >= 15 is 0 Å². The number of aryl methyl sites for hydroxylation is 3. The van der Waals surface area contributed by atoms with E-state index in [-0.39, 0.29) is 69.0 Å². The first kappa shape index (κ1) is 95.4. The molecule has 4 N–H and O–H groups in total. The van der Waals surface area contributed by atoms with E-state index in [1.807, 2.05) is 104 Å². The van der Waals surface area contributed by atoms with Gasteiger partial charge in [0, 0.05) is 73.0 Å². The van der Waals surface area contributed by atoms with E-state index in [0.717, 1.165) is 76.8 Å². The third-order valence-electron chi connectivity index (χ3n) is 19.4. The number of alkyl halides is 2. The van der Waals surface area contributed by atoms with Gasteiger partial charge in [-0.25, -0.2) is 0 Å². The second-order valence-electron chi connectivity index (χ2n) is 25.9. The fourth-order valence-electron chi connectivity index (χ4n) is 13.9. The molecule has 1 radical (unpaired) electrons. The first-order valence-corrected chi connectivity index (χ1v) is 42.0. The standard InChI is InChI=1S/C28H28ClNO5S.C28H28INO5S.C28H28N2O8S.C2H3N.Ag.HNO3/c2*1-33-23-13-18-9-11-21(30-28(32)17-7-5-16(15-29)6-8-17)20-14-22(31)24(36-4)12-10-19(20)25(18)27(35-3)26(23)34-2;1-35-23-13-18-9-11-21(29-28(32)17-7-5-16(6-8-17)15-38-30(33)34)20-14-22(31)24(39-4)12-10-19(20)25(18)27(37-3)26(23)36-2;1-2-3;;2-1(3)4/h2*5-8,10,12-14,21H,9,11,15H2,1-4H3,(H,30,32);5-8,10,12-14,21H,9,11,15H2,1-4H3,(H,29,32);1H3;;(H,2,3,4)/t3*21-;;;/m000.../s1. The molecule has 3 atom stereocenters. The molecule has 3 aliphatic rings. The fourth-order valence-corrected chi connectivity index (χ4v) is 16.0. The molecular weight excluding hydrogens is 1820 g/mol. The molecule has 0 unspecified atom stereocenters. The van der Waals surface area contributed by atoms with Crippen LogP contribution in [0.3, 0.4) is 0 Å². The Balaban J connectivity index is 0.000000236. The number of thioether (sulfide) groups is 3. The number of hydrogen-bond donors (Lipinski definition) is 4. The first-order valence-electron chi connectivity index (χ1n) is 36.2. The number of ether oxygens (including phenoxy) is 9. The summed E-state index contributed by atoms with van der Waals surface area (Å²) in [6.45, 7) is 1.22. The van der Waals surface area contributed by atoms with E-state index < -0.39 is 22.3 Å². The number of nitriles is 1. The maximum Gasteiger partial charge on any atom is 0.294 e. The van der Waals surface area contributed by atoms with Crippen molar-refractivity contribution in [1.29, 1.82) is 5.26 Å². The second kappa shape index (κ2) is 46.0. The van der Waals surface area contributed by atoms with Crippen LogP contribution in [0.25, 0.3) is 33.4 Å². The number of nitrogens with one attached hydrogen (secondary N) is 3. The summed E-state index contributed by atoms with van der Waals surface area (Å²) in [5.41, 5.74) is 13.7. The van der Waals surface area contributed by atoms with E-state index in [4.69, 9.17) is 74.8 Å². The van der Waals surface area contributed by atoms with E-state index in [1.54, 1.807) is 124 Å². The van der Waals surface area contributed by atoms with Crippen LogP contribution in [0.1, 0.15) is 125 Å². The minimum absolute atomic E-state index is 0. The van der Waals surface area contributed by atoms with Crippen LogP contribution < -0.4 is 74.9 Å². The van der Waals surface area contributed by atoms with Crippen LogP contribution in [0, 0.1) is 31.6 Å². The number of rotatable bonds is 23. The molecule has 12 rings (SSSR count). The van der Waals surface area contributed by atoms with Crippen molar-refractivity contribution >= 4 is 87.2 Å². The molecule has 0 heterocycles. The Labute approximate surface area is 734 Å². The molecule has 3 aliphatic carbocycles. The molecule has 631 valence electrons. The average molecular weight is 1910 g/mol. The molecule has 0 saturated heterocycles. The van der Waals surface area contributed by atoms with Crippen molar-refractivity contribution < 1.29 is 99.6 Å². The topological polar surface area (TPSA) is 361 Å². The molecule has 9 aromatic carbocycles. The van der Waals surface area contributed by atoms with Crippen LogP contribution in [0.15, 0.2) is 175 Å². The zero-order valence-electron chi connectivity index (χ0n) is 67.2. The van der Waals surface area contributed by atoms with Gasteiger partial charge < -0.3 is 68.6 Å². The number of fused-ring (bicyclic) bond motifs is 9. The smallest absolute Gasteiger partial charge is 0.294 e. The van der Waals surface area contributed by atoms with Crippen molar-refractivity contribution in [3.05, 3.63) is 263 Å². The fraction of sp³-hybridized carbons (Fsp3) is 0.291. The number of benzene rings is 6. The van der Waals surface area contributed by atoms with Crippen molar-refractivity contribution in [2.24, 2.45) is 0 Å². The zero-order chi connectivity index (χ0) is 86.0. The molecule has 0 bridgehead atoms. The zero-order valence-corrected chi connectivity index (χ0v) is 74.0. The quantitative estimate of drug-likeness (QED) is 0.0115. The number of halogens is 2. The van der Waals surface area contributed by atoms with E-state index in [2.05, 4.69) is 43.4 Å². The Morgan fingerprint density at radius 3 is 0.975 bits per heavy atom. The van der Waals surface area contributed by atoms with Gasteiger partial charge in [-0.3, -0.25) is 28.8 Å². The molecule has 0 fully saturated rings. The normalized spacial score (nSPS) is 13.4. The second-order valence-corrected chi connectivity index (χ2v) is 29.5. The van der Waals surface area contributed by atoms with Crippen LogP contribution in [-0.2, 0) is 63.4 Å². The summed E-state index contributed by atoms with van der Waals surface area (Å²) in [7, 11) is 14.1. The van der Waals surface area contributed by atoms with Gasteiger partial charge in [0.1, 0.15) is 6.61 Å². The van der Waals surface area contributed by atoms with Crippen molar-refractivity contribution in [2.75, 3.05) is 82.8 Å². The third kappa shape index (κ3) is 23.2. The summed E-state index contributed by atoms with van der Waals surface area (Å²) < 4.78 is 52.0. The molecule has 9 aromatic rings. The predicted octanol–water partition coefficient (Wildman–Crippen LogP) is 16.2. The summed E-state index contributed by atoms with van der Waals surface area (Å²) in [6.07, 6.45) is 9.13. The van der Waals surface area contributed by atoms with E-state index in [0.29, 0.717) is 139 Å². The van der Waals surface area contributed by atoms with Crippen LogP contribution in [0.4, 0.5) is 0 Å². The van der Waals surface area contributed by atoms with Gasteiger partial charge in [0.25, 0.3) is 27.9 Å². The third-order valence-corrected chi connectivity index (χ3v) is 22.9. The number of carbonyl (C=O) groups excluding carboxylic acids is 3. The summed E-state index contributed by atoms with van der Waals surface area (Å²) in [4.78, 5) is 104. The van der Waals surface area contributed by atoms with Gasteiger partial charge in [-0.05, 0) is 215 Å². The Bertz CT molecular complexity index is 5200. The van der Waals surface area contributed by atoms with E-state index in [1.165, 1.54) is 49.3 Å². The van der Waals surface area contributed by atoms with Gasteiger partial charge in [0.15, 0.2) is 50.8 Å². The molecule has 27 nitrogen and oxygen atoms in total. The predicted molar refractivity (Wildman–Crippen MR) is 463 cm³/mol. The average Bonchev–Trinajstić information content (AvgIpc) is 1.69. The van der Waals surface area contributed by atoms with Gasteiger partial charge in [0.05, 0.1) is 103 Å². The molecule has 0 aliphatic heterocycles. The monoisotopic (exact) mass is 1910 g/mol. The van der Waals surface area contributed by atoms with Crippen LogP contribution in [-0.4, -0.2) is 116 Å². The molecule has 0 spiro atoms. The van der Waals surface area contributed by atoms with Crippen molar-refractivity contribution in [3.8, 4) is 91.2 Å². The minimum atomic E-state index is -1.50.